The van der Waals surface area contributed by atoms with E-state index in [-0.39, 0.29) is 24.0 Å². The largest absolute Gasteiger partial charge is 0.385 e. The molecule has 154 valence electrons. The first-order chi connectivity index (χ1) is 13.2. The summed E-state index contributed by atoms with van der Waals surface area (Å²) in [7, 11) is 1.77. The van der Waals surface area contributed by atoms with Gasteiger partial charge in [0.25, 0.3) is 0 Å². The Morgan fingerprint density at radius 2 is 2.04 bits per heavy atom. The number of aromatic nitrogens is 1. The van der Waals surface area contributed by atoms with Gasteiger partial charge in [0, 0.05) is 38.4 Å². The first-order valence-corrected chi connectivity index (χ1v) is 9.77. The molecule has 1 saturated carbocycles. The minimum atomic E-state index is 0. The number of guanidine groups is 1. The topological polar surface area (TPSA) is 71.7 Å². The average Bonchev–Trinajstić information content (AvgIpc) is 3.14. The van der Waals surface area contributed by atoms with Crippen LogP contribution in [0, 0.1) is 5.41 Å². The van der Waals surface area contributed by atoms with E-state index in [1.165, 1.54) is 19.3 Å². The molecule has 2 N–H and O–H groups in total. The van der Waals surface area contributed by atoms with Gasteiger partial charge in [0.1, 0.15) is 5.69 Å². The molecule has 28 heavy (non-hydrogen) atoms. The van der Waals surface area contributed by atoms with Crippen molar-refractivity contribution in [3.8, 4) is 11.3 Å². The molecule has 1 aliphatic rings. The number of rotatable bonds is 9. The summed E-state index contributed by atoms with van der Waals surface area (Å²) in [6.45, 7) is 5.12. The molecule has 6 nitrogen and oxygen atoms in total. The smallest absolute Gasteiger partial charge is 0.191 e. The summed E-state index contributed by atoms with van der Waals surface area (Å²) in [5.74, 6) is 1.59. The van der Waals surface area contributed by atoms with Crippen LogP contribution in [0.5, 0.6) is 0 Å². The van der Waals surface area contributed by atoms with Gasteiger partial charge in [0.05, 0.1) is 6.54 Å². The molecule has 0 radical (unpaired) electrons. The predicted octanol–water partition coefficient (Wildman–Crippen LogP) is 4.22. The molecule has 0 spiro atoms. The number of halogens is 1. The van der Waals surface area contributed by atoms with Gasteiger partial charge in [0.15, 0.2) is 11.7 Å². The highest BCUT2D eigenvalue weighted by molar-refractivity contribution is 14.0. The first-order valence-electron chi connectivity index (χ1n) is 9.77. The van der Waals surface area contributed by atoms with E-state index < -0.39 is 0 Å². The molecule has 1 aromatic carbocycles. The van der Waals surface area contributed by atoms with E-state index in [4.69, 9.17) is 9.26 Å². The lowest BCUT2D eigenvalue weighted by Gasteiger charge is -2.42. The zero-order valence-electron chi connectivity index (χ0n) is 16.7. The Kier molecular flexibility index (Phi) is 9.24. The van der Waals surface area contributed by atoms with Crippen LogP contribution in [0.15, 0.2) is 45.9 Å². The van der Waals surface area contributed by atoms with Crippen LogP contribution in [0.3, 0.4) is 0 Å². The number of hydrogen-bond donors (Lipinski definition) is 2. The van der Waals surface area contributed by atoms with Crippen molar-refractivity contribution in [1.29, 1.82) is 0 Å². The van der Waals surface area contributed by atoms with Gasteiger partial charge in [-0.1, -0.05) is 41.9 Å². The third kappa shape index (κ3) is 6.20. The molecule has 7 heteroatoms. The SMILES string of the molecule is CCNC(=NCc1cc(-c2ccccc2)on1)NCC1(CCOC)CCC1.I. The number of nitrogens with zero attached hydrogens (tertiary/aromatic N) is 2. The molecular formula is C21H31IN4O2. The fourth-order valence-electron chi connectivity index (χ4n) is 3.41. The molecule has 0 aliphatic heterocycles. The molecule has 1 heterocycles. The zero-order valence-corrected chi connectivity index (χ0v) is 19.1. The summed E-state index contributed by atoms with van der Waals surface area (Å²) >= 11 is 0. The van der Waals surface area contributed by atoms with Crippen molar-refractivity contribution in [2.45, 2.75) is 39.2 Å². The Bertz CT molecular complexity index is 729. The molecule has 2 aromatic rings. The lowest BCUT2D eigenvalue weighted by atomic mass is 9.67. The van der Waals surface area contributed by atoms with Crippen molar-refractivity contribution in [1.82, 2.24) is 15.8 Å². The van der Waals surface area contributed by atoms with E-state index >= 15 is 0 Å². The van der Waals surface area contributed by atoms with Gasteiger partial charge < -0.3 is 19.9 Å². The maximum Gasteiger partial charge on any atom is 0.191 e. The van der Waals surface area contributed by atoms with Crippen molar-refractivity contribution in [2.75, 3.05) is 26.8 Å². The Morgan fingerprint density at radius 1 is 1.25 bits per heavy atom. The van der Waals surface area contributed by atoms with Crippen LogP contribution in [-0.4, -0.2) is 37.9 Å². The Balaban J connectivity index is 0.00000280. The number of aliphatic imine (C=N–C) groups is 1. The van der Waals surface area contributed by atoms with Gasteiger partial charge >= 0.3 is 0 Å². The van der Waals surface area contributed by atoms with Gasteiger partial charge in [-0.3, -0.25) is 0 Å². The average molecular weight is 498 g/mol. The Labute approximate surface area is 184 Å². The standard InChI is InChI=1S/C21H30N4O2.HI/c1-3-22-20(24-16-21(10-7-11-21)12-13-26-2)23-15-18-14-19(27-25-18)17-8-5-4-6-9-17;/h4-6,8-9,14H,3,7,10-13,15-16H2,1-2H3,(H2,22,23,24);1H. The van der Waals surface area contributed by atoms with Gasteiger partial charge in [-0.25, -0.2) is 4.99 Å². The number of benzene rings is 1. The van der Waals surface area contributed by atoms with Crippen LogP contribution in [0.4, 0.5) is 0 Å². The Hall–Kier alpha value is -1.61. The van der Waals surface area contributed by atoms with Crippen molar-refractivity contribution >= 4 is 29.9 Å². The molecule has 0 unspecified atom stereocenters. The van der Waals surface area contributed by atoms with Crippen molar-refractivity contribution in [3.63, 3.8) is 0 Å². The minimum absolute atomic E-state index is 0. The van der Waals surface area contributed by atoms with Crippen molar-refractivity contribution in [3.05, 3.63) is 42.1 Å². The number of hydrogen-bond acceptors (Lipinski definition) is 4. The third-order valence-corrected chi connectivity index (χ3v) is 5.24. The van der Waals surface area contributed by atoms with Crippen LogP contribution in [0.25, 0.3) is 11.3 Å². The van der Waals surface area contributed by atoms with E-state index in [1.54, 1.807) is 7.11 Å². The van der Waals surface area contributed by atoms with Crippen LogP contribution < -0.4 is 10.6 Å². The minimum Gasteiger partial charge on any atom is -0.385 e. The maximum absolute atomic E-state index is 5.45. The molecule has 0 atom stereocenters. The van der Waals surface area contributed by atoms with Crippen molar-refractivity contribution in [2.24, 2.45) is 10.4 Å². The summed E-state index contributed by atoms with van der Waals surface area (Å²) in [5.41, 5.74) is 2.19. The van der Waals surface area contributed by atoms with E-state index in [2.05, 4.69) is 27.7 Å². The third-order valence-electron chi connectivity index (χ3n) is 5.24. The molecule has 0 saturated heterocycles. The van der Waals surface area contributed by atoms with Crippen LogP contribution in [0.1, 0.15) is 38.3 Å². The van der Waals surface area contributed by atoms with E-state index in [1.807, 2.05) is 36.4 Å². The lowest BCUT2D eigenvalue weighted by Crippen LogP contribution is -2.46. The number of nitrogens with one attached hydrogen (secondary N) is 2. The molecular weight excluding hydrogens is 467 g/mol. The molecule has 1 aliphatic carbocycles. The molecule has 1 aromatic heterocycles. The normalized spacial score (nSPS) is 15.4. The maximum atomic E-state index is 5.45. The summed E-state index contributed by atoms with van der Waals surface area (Å²) in [6.07, 6.45) is 4.92. The highest BCUT2D eigenvalue weighted by Gasteiger charge is 2.36. The van der Waals surface area contributed by atoms with Gasteiger partial charge in [-0.2, -0.15) is 0 Å². The second-order valence-electron chi connectivity index (χ2n) is 7.19. The van der Waals surface area contributed by atoms with Crippen LogP contribution >= 0.6 is 24.0 Å². The molecule has 0 bridgehead atoms. The van der Waals surface area contributed by atoms with E-state index in [0.717, 1.165) is 49.1 Å². The second kappa shape index (κ2) is 11.4. The molecule has 0 amide bonds. The fraction of sp³-hybridized carbons (Fsp3) is 0.524. The van der Waals surface area contributed by atoms with E-state index in [9.17, 15) is 0 Å². The molecule has 1 fully saturated rings. The van der Waals surface area contributed by atoms with E-state index in [0.29, 0.717) is 12.0 Å². The number of methoxy groups -OCH3 is 1. The second-order valence-corrected chi connectivity index (χ2v) is 7.19. The Morgan fingerprint density at radius 3 is 2.68 bits per heavy atom. The van der Waals surface area contributed by atoms with Gasteiger partial charge in [-0.05, 0) is 31.6 Å². The van der Waals surface area contributed by atoms with Gasteiger partial charge in [-0.15, -0.1) is 24.0 Å². The molecule has 3 rings (SSSR count). The zero-order chi connectivity index (χ0) is 19.0. The monoisotopic (exact) mass is 498 g/mol. The quantitative estimate of drug-likeness (QED) is 0.308. The highest BCUT2D eigenvalue weighted by Crippen LogP contribution is 2.43. The highest BCUT2D eigenvalue weighted by atomic mass is 127. The summed E-state index contributed by atoms with van der Waals surface area (Å²) in [6, 6.07) is 11.9. The van der Waals surface area contributed by atoms with Crippen LogP contribution in [0.2, 0.25) is 0 Å². The van der Waals surface area contributed by atoms with Crippen molar-refractivity contribution < 1.29 is 9.26 Å². The summed E-state index contributed by atoms with van der Waals surface area (Å²) in [4.78, 5) is 4.67. The predicted molar refractivity (Wildman–Crippen MR) is 123 cm³/mol. The lowest BCUT2D eigenvalue weighted by molar-refractivity contribution is 0.0732. The summed E-state index contributed by atoms with van der Waals surface area (Å²) < 4.78 is 10.7. The summed E-state index contributed by atoms with van der Waals surface area (Å²) in [5, 5.41) is 11.0. The fourth-order valence-corrected chi connectivity index (χ4v) is 3.41. The van der Waals surface area contributed by atoms with Gasteiger partial charge in [0.2, 0.25) is 0 Å². The first kappa shape index (κ1) is 22.7. The van der Waals surface area contributed by atoms with Crippen LogP contribution in [-0.2, 0) is 11.3 Å². The number of ether oxygens (including phenoxy) is 1.